The lowest BCUT2D eigenvalue weighted by Crippen LogP contribution is -2.58. The number of piperidine rings is 1. The van der Waals surface area contributed by atoms with Crippen LogP contribution in [-0.4, -0.2) is 105 Å². The summed E-state index contributed by atoms with van der Waals surface area (Å²) in [6.07, 6.45) is 2.47. The lowest BCUT2D eigenvalue weighted by molar-refractivity contribution is -0.158. The summed E-state index contributed by atoms with van der Waals surface area (Å²) < 4.78 is 11.5. The van der Waals surface area contributed by atoms with Gasteiger partial charge in [0.2, 0.25) is 11.8 Å². The molecular weight excluding hydrogens is 779 g/mol. The van der Waals surface area contributed by atoms with E-state index in [4.69, 9.17) is 9.47 Å². The maximum Gasteiger partial charge on any atom is 0.307 e. The van der Waals surface area contributed by atoms with Crippen molar-refractivity contribution in [3.63, 3.8) is 0 Å². The Balaban J connectivity index is 1.96. The number of likely N-dealkylation sites (N-methyl/N-ethyl adjacent to an activating group) is 1. The Bertz CT molecular complexity index is 1760. The molecule has 4 N–H and O–H groups in total. The fourth-order valence-electron chi connectivity index (χ4n) is 6.99. The summed E-state index contributed by atoms with van der Waals surface area (Å²) in [7, 11) is 1.89. The molecule has 16 heteroatoms. The summed E-state index contributed by atoms with van der Waals surface area (Å²) in [5.74, 6) is -4.50. The standard InChI is InChI=1S/C43H63N5O10S/c1-10-27(6)38(46-40(53)34-13-11-12-18-47(34)9)42(54)48(24-57-37(51)19-25(2)3)35(26(4)5)22-36(58-29(8)49)41-45-33(23-59-41)39(52)44-31(20-28(7)43(55)56)21-30-14-16-32(50)17-15-30/h14-17,23,25,27-28,31,34-36,38,50H,4,10-13,18-22,24H2,1-3,5-9H3,(H,44,52)(H,46,53)(H,55,56). The molecule has 2 heterocycles. The molecule has 1 aliphatic rings. The number of carbonyl (C=O) groups excluding carboxylic acids is 5. The molecule has 15 nitrogen and oxygen atoms in total. The average molecular weight is 842 g/mol. The number of hydrogen-bond donors (Lipinski definition) is 4. The highest BCUT2D eigenvalue weighted by Gasteiger charge is 2.39. The van der Waals surface area contributed by atoms with Crippen LogP contribution < -0.4 is 10.6 Å². The highest BCUT2D eigenvalue weighted by atomic mass is 32.1. The second kappa shape index (κ2) is 23.1. The highest BCUT2D eigenvalue weighted by Crippen LogP contribution is 2.31. The zero-order valence-electron chi connectivity index (χ0n) is 35.7. The molecule has 326 valence electrons. The number of phenols is 1. The maximum absolute atomic E-state index is 14.8. The minimum atomic E-state index is -1.07. The van der Waals surface area contributed by atoms with Crippen molar-refractivity contribution in [3.8, 4) is 5.75 Å². The summed E-state index contributed by atoms with van der Waals surface area (Å²) in [4.78, 5) is 87.2. The average Bonchev–Trinajstić information content (AvgIpc) is 3.67. The van der Waals surface area contributed by atoms with Crippen molar-refractivity contribution >= 4 is 47.0 Å². The van der Waals surface area contributed by atoms with Gasteiger partial charge in [0, 0.05) is 31.2 Å². The van der Waals surface area contributed by atoms with Crippen LogP contribution in [0.25, 0.3) is 0 Å². The second-order valence-corrected chi connectivity index (χ2v) is 17.1. The molecule has 1 aliphatic heterocycles. The fraction of sp³-hybridized carbons (Fsp3) is 0.605. The molecule has 0 saturated carbocycles. The van der Waals surface area contributed by atoms with Gasteiger partial charge in [-0.05, 0) is 75.7 Å². The molecule has 0 bridgehead atoms. The van der Waals surface area contributed by atoms with Crippen LogP contribution >= 0.6 is 11.3 Å². The number of aromatic nitrogens is 1. The maximum atomic E-state index is 14.8. The molecule has 0 spiro atoms. The van der Waals surface area contributed by atoms with E-state index in [2.05, 4.69) is 22.2 Å². The molecule has 1 aromatic carbocycles. The molecular formula is C43H63N5O10S. The molecule has 59 heavy (non-hydrogen) atoms. The molecule has 0 aliphatic carbocycles. The van der Waals surface area contributed by atoms with Crippen LogP contribution in [0.15, 0.2) is 41.8 Å². The van der Waals surface area contributed by atoms with Crippen molar-refractivity contribution in [2.24, 2.45) is 17.8 Å². The van der Waals surface area contributed by atoms with Crippen LogP contribution in [-0.2, 0) is 39.9 Å². The largest absolute Gasteiger partial charge is 0.508 e. The quantitative estimate of drug-likeness (QED) is 0.0647. The minimum absolute atomic E-state index is 0.00322. The van der Waals surface area contributed by atoms with Gasteiger partial charge in [0.15, 0.2) is 12.8 Å². The number of amides is 3. The first kappa shape index (κ1) is 48.5. The number of esters is 2. The van der Waals surface area contributed by atoms with Crippen molar-refractivity contribution in [1.82, 2.24) is 25.4 Å². The summed E-state index contributed by atoms with van der Waals surface area (Å²) >= 11 is 1.07. The number of aromatic hydroxyl groups is 1. The van der Waals surface area contributed by atoms with Crippen molar-refractivity contribution in [2.45, 2.75) is 130 Å². The van der Waals surface area contributed by atoms with Crippen molar-refractivity contribution in [3.05, 3.63) is 58.1 Å². The van der Waals surface area contributed by atoms with Crippen molar-refractivity contribution in [2.75, 3.05) is 20.3 Å². The third-order valence-corrected chi connectivity index (χ3v) is 11.5. The van der Waals surface area contributed by atoms with Crippen molar-refractivity contribution in [1.29, 1.82) is 0 Å². The van der Waals surface area contributed by atoms with Gasteiger partial charge in [-0.1, -0.05) is 71.7 Å². The Morgan fingerprint density at radius 3 is 2.29 bits per heavy atom. The Kier molecular flexibility index (Phi) is 19.0. The molecule has 1 saturated heterocycles. The van der Waals surface area contributed by atoms with Crippen LogP contribution in [0.3, 0.4) is 0 Å². The van der Waals surface area contributed by atoms with E-state index >= 15 is 0 Å². The van der Waals surface area contributed by atoms with Gasteiger partial charge in [0.1, 0.15) is 22.5 Å². The molecule has 2 aromatic rings. The number of nitrogens with zero attached hydrogens (tertiary/aromatic N) is 3. The van der Waals surface area contributed by atoms with Crippen molar-refractivity contribution < 1.29 is 48.5 Å². The van der Waals surface area contributed by atoms with Crippen LogP contribution in [0, 0.1) is 17.8 Å². The number of nitrogens with one attached hydrogen (secondary N) is 2. The summed E-state index contributed by atoms with van der Waals surface area (Å²) in [5.41, 5.74) is 1.27. The summed E-state index contributed by atoms with van der Waals surface area (Å²) in [6, 6.07) is 3.54. The summed E-state index contributed by atoms with van der Waals surface area (Å²) in [5, 5.41) is 27.0. The van der Waals surface area contributed by atoms with Gasteiger partial charge < -0.3 is 35.2 Å². The number of hydrogen-bond acceptors (Lipinski definition) is 12. The first-order valence-electron chi connectivity index (χ1n) is 20.4. The Morgan fingerprint density at radius 1 is 1.03 bits per heavy atom. The minimum Gasteiger partial charge on any atom is -0.508 e. The number of thiazole rings is 1. The van der Waals surface area contributed by atoms with Crippen LogP contribution in [0.2, 0.25) is 0 Å². The first-order valence-corrected chi connectivity index (χ1v) is 21.2. The van der Waals surface area contributed by atoms with Gasteiger partial charge >= 0.3 is 17.9 Å². The van der Waals surface area contributed by atoms with Gasteiger partial charge in [0.25, 0.3) is 5.91 Å². The molecule has 1 fully saturated rings. The number of ether oxygens (including phenoxy) is 2. The highest BCUT2D eigenvalue weighted by molar-refractivity contribution is 7.09. The van der Waals surface area contributed by atoms with Crippen LogP contribution in [0.4, 0.5) is 0 Å². The number of benzene rings is 1. The zero-order valence-corrected chi connectivity index (χ0v) is 36.5. The van der Waals surface area contributed by atoms with E-state index in [1.165, 1.54) is 29.3 Å². The lowest BCUT2D eigenvalue weighted by atomic mass is 9.94. The fourth-order valence-corrected chi connectivity index (χ4v) is 7.83. The summed E-state index contributed by atoms with van der Waals surface area (Å²) in [6.45, 7) is 16.5. The normalized spacial score (nSPS) is 17.4. The monoisotopic (exact) mass is 841 g/mol. The lowest BCUT2D eigenvalue weighted by Gasteiger charge is -2.38. The van der Waals surface area contributed by atoms with Crippen LogP contribution in [0.5, 0.6) is 5.75 Å². The third-order valence-electron chi connectivity index (χ3n) is 10.6. The topological polar surface area (TPSA) is 205 Å². The van der Waals surface area contributed by atoms with Gasteiger partial charge in [-0.2, -0.15) is 0 Å². The van der Waals surface area contributed by atoms with E-state index in [1.807, 2.05) is 39.6 Å². The Hall–Kier alpha value is -4.83. The molecule has 0 radical (unpaired) electrons. The number of aliphatic carboxylic acids is 1. The number of likely N-dealkylation sites (tertiary alicyclic amines) is 1. The SMILES string of the molecule is C=C(C)C(CC(OC(C)=O)c1nc(C(=O)NC(Cc2ccc(O)cc2)CC(C)C(=O)O)cs1)N(COC(=O)CC(C)C)C(=O)C(NC(=O)C1CCCCN1C)C(C)CC. The number of carboxylic acid groups (broad SMARTS) is 1. The molecule has 3 amide bonds. The molecule has 7 unspecified atom stereocenters. The zero-order chi connectivity index (χ0) is 44.0. The third kappa shape index (κ3) is 15.1. The van der Waals surface area contributed by atoms with E-state index in [1.54, 1.807) is 26.0 Å². The van der Waals surface area contributed by atoms with Gasteiger partial charge in [-0.25, -0.2) is 4.98 Å². The van der Waals surface area contributed by atoms with E-state index in [0.29, 0.717) is 18.4 Å². The molecule has 7 atom stereocenters. The number of carboxylic acids is 1. The molecule has 3 rings (SSSR count). The van der Waals surface area contributed by atoms with Gasteiger partial charge in [-0.15, -0.1) is 11.3 Å². The smallest absolute Gasteiger partial charge is 0.307 e. The Morgan fingerprint density at radius 2 is 1.71 bits per heavy atom. The predicted octanol–water partition coefficient (Wildman–Crippen LogP) is 5.63. The molecule has 1 aromatic heterocycles. The van der Waals surface area contributed by atoms with Crippen LogP contribution in [0.1, 0.15) is 121 Å². The van der Waals surface area contributed by atoms with E-state index in [-0.39, 0.29) is 59.9 Å². The first-order chi connectivity index (χ1) is 27.8. The van der Waals surface area contributed by atoms with E-state index in [0.717, 1.165) is 36.3 Å². The second-order valence-electron chi connectivity index (χ2n) is 16.2. The number of phenolic OH excluding ortho intramolecular Hbond substituents is 1. The van der Waals surface area contributed by atoms with Gasteiger partial charge in [-0.3, -0.25) is 33.7 Å². The Labute approximate surface area is 351 Å². The number of rotatable bonds is 22. The number of carbonyl (C=O) groups is 6. The van der Waals surface area contributed by atoms with E-state index in [9.17, 15) is 39.0 Å². The van der Waals surface area contributed by atoms with Gasteiger partial charge in [0.05, 0.1) is 18.0 Å². The predicted molar refractivity (Wildman–Crippen MR) is 223 cm³/mol. The van der Waals surface area contributed by atoms with E-state index < -0.39 is 72.6 Å².